The van der Waals surface area contributed by atoms with Crippen LogP contribution in [0.4, 0.5) is 0 Å². The maximum absolute atomic E-state index is 13.9. The summed E-state index contributed by atoms with van der Waals surface area (Å²) in [4.78, 5) is 25.6. The molecule has 4 nitrogen and oxygen atoms in total. The molecule has 0 aliphatic rings. The van der Waals surface area contributed by atoms with Gasteiger partial charge in [-0.05, 0) is 56.9 Å². The van der Waals surface area contributed by atoms with E-state index < -0.39 is 24.8 Å². The van der Waals surface area contributed by atoms with Crippen LogP contribution in [0.2, 0.25) is 0 Å². The minimum atomic E-state index is -3.67. The summed E-state index contributed by atoms with van der Waals surface area (Å²) in [5.41, 5.74) is 3.63. The van der Waals surface area contributed by atoms with E-state index >= 15 is 0 Å². The molecule has 0 N–H and O–H groups in total. The molecule has 0 radical (unpaired) electrons. The van der Waals surface area contributed by atoms with Crippen LogP contribution in [0.1, 0.15) is 39.5 Å². The quantitative estimate of drug-likeness (QED) is 0.560. The number of esters is 1. The van der Waals surface area contributed by atoms with Crippen LogP contribution in [-0.2, 0) is 14.1 Å². The largest absolute Gasteiger partial charge is 0.466 e. The minimum absolute atomic E-state index is 0.184. The Labute approximate surface area is 154 Å². The number of aryl methyl sites for hydroxylation is 2. The Morgan fingerprint density at radius 1 is 0.962 bits per heavy atom. The van der Waals surface area contributed by atoms with Crippen LogP contribution in [0, 0.1) is 27.7 Å². The lowest BCUT2D eigenvalue weighted by Crippen LogP contribution is -2.23. The van der Waals surface area contributed by atoms with Crippen LogP contribution in [0.3, 0.4) is 0 Å². The summed E-state index contributed by atoms with van der Waals surface area (Å²) in [6.45, 7) is 9.50. The molecule has 1 atom stereocenters. The van der Waals surface area contributed by atoms with E-state index in [0.29, 0.717) is 10.9 Å². The van der Waals surface area contributed by atoms with Gasteiger partial charge >= 0.3 is 5.97 Å². The Balaban J connectivity index is 2.64. The van der Waals surface area contributed by atoms with Crippen molar-refractivity contribution in [2.45, 2.75) is 34.6 Å². The second-order valence-corrected chi connectivity index (χ2v) is 9.20. The molecule has 0 aliphatic carbocycles. The summed E-state index contributed by atoms with van der Waals surface area (Å²) in [7, 11) is -3.67. The molecule has 0 aliphatic heterocycles. The topological polar surface area (TPSA) is 60.4 Å². The van der Waals surface area contributed by atoms with Crippen molar-refractivity contribution >= 4 is 23.9 Å². The first-order chi connectivity index (χ1) is 12.2. The maximum Gasteiger partial charge on any atom is 0.314 e. The Kier molecular flexibility index (Phi) is 6.20. The molecule has 0 saturated heterocycles. The first kappa shape index (κ1) is 20.1. The van der Waals surface area contributed by atoms with Gasteiger partial charge in [0.2, 0.25) is 5.52 Å². The second-order valence-electron chi connectivity index (χ2n) is 6.48. The van der Waals surface area contributed by atoms with Crippen LogP contribution < -0.4 is 5.30 Å². The number of ether oxygens (including phenoxy) is 1. The number of hydrogen-bond donors (Lipinski definition) is 0. The molecular weight excluding hydrogens is 347 g/mol. The van der Waals surface area contributed by atoms with Gasteiger partial charge in [0.05, 0.1) is 6.61 Å². The first-order valence-electron chi connectivity index (χ1n) is 8.65. The Bertz CT molecular complexity index is 885. The molecule has 2 aromatic carbocycles. The van der Waals surface area contributed by atoms with Crippen molar-refractivity contribution in [1.82, 2.24) is 0 Å². The Hall–Kier alpha value is -2.19. The minimum Gasteiger partial charge on any atom is -0.466 e. The van der Waals surface area contributed by atoms with E-state index in [1.54, 1.807) is 37.3 Å². The summed E-state index contributed by atoms with van der Waals surface area (Å²) in [6, 6.07) is 10.4. The molecule has 5 heteroatoms. The molecule has 26 heavy (non-hydrogen) atoms. The van der Waals surface area contributed by atoms with E-state index in [-0.39, 0.29) is 6.61 Å². The summed E-state index contributed by atoms with van der Waals surface area (Å²) in [5.74, 6) is -0.618. The third kappa shape index (κ3) is 3.81. The molecule has 138 valence electrons. The van der Waals surface area contributed by atoms with Crippen molar-refractivity contribution < 1.29 is 18.9 Å². The van der Waals surface area contributed by atoms with Gasteiger partial charge in [-0.15, -0.1) is 0 Å². The summed E-state index contributed by atoms with van der Waals surface area (Å²) >= 11 is 0. The Morgan fingerprint density at radius 3 is 2.15 bits per heavy atom. The number of carbonyl (C=O) groups is 2. The zero-order chi connectivity index (χ0) is 19.5. The summed E-state index contributed by atoms with van der Waals surface area (Å²) < 4.78 is 18.8. The fraction of sp³-hybridized carbons (Fsp3) is 0.333. The Morgan fingerprint density at radius 2 is 1.58 bits per heavy atom. The predicted octanol–water partition coefficient (Wildman–Crippen LogP) is 4.31. The lowest BCUT2D eigenvalue weighted by Gasteiger charge is -2.21. The zero-order valence-corrected chi connectivity index (χ0v) is 16.9. The van der Waals surface area contributed by atoms with Gasteiger partial charge in [-0.2, -0.15) is 0 Å². The molecule has 0 heterocycles. The van der Waals surface area contributed by atoms with Crippen molar-refractivity contribution in [3.8, 4) is 0 Å². The van der Waals surface area contributed by atoms with Gasteiger partial charge in [-0.3, -0.25) is 9.59 Å². The number of benzene rings is 2. The van der Waals surface area contributed by atoms with E-state index in [1.807, 2.05) is 33.8 Å². The fourth-order valence-electron chi connectivity index (χ4n) is 3.13. The smallest absolute Gasteiger partial charge is 0.314 e. The van der Waals surface area contributed by atoms with E-state index in [4.69, 9.17) is 4.74 Å². The molecule has 2 aromatic rings. The number of hydrogen-bond acceptors (Lipinski definition) is 4. The van der Waals surface area contributed by atoms with Crippen molar-refractivity contribution in [2.24, 2.45) is 0 Å². The highest BCUT2D eigenvalue weighted by molar-refractivity contribution is 7.88. The van der Waals surface area contributed by atoms with Gasteiger partial charge in [0.1, 0.15) is 6.16 Å². The van der Waals surface area contributed by atoms with Gasteiger partial charge in [0.15, 0.2) is 7.14 Å². The molecule has 1 unspecified atom stereocenters. The molecule has 2 rings (SSSR count). The van der Waals surface area contributed by atoms with Gasteiger partial charge < -0.3 is 9.30 Å². The lowest BCUT2D eigenvalue weighted by atomic mass is 9.95. The maximum atomic E-state index is 13.9. The van der Waals surface area contributed by atoms with Gasteiger partial charge in [-0.1, -0.05) is 36.4 Å². The SMILES string of the molecule is CCOC(=O)CP(=O)(C(=O)c1c(C)cc(C)c(C)c1C)c1ccccc1. The lowest BCUT2D eigenvalue weighted by molar-refractivity contribution is -0.140. The average molecular weight is 372 g/mol. The molecule has 0 aromatic heterocycles. The first-order valence-corrected chi connectivity index (χ1v) is 10.5. The van der Waals surface area contributed by atoms with E-state index in [2.05, 4.69) is 0 Å². The van der Waals surface area contributed by atoms with Crippen LogP contribution in [0.25, 0.3) is 0 Å². The predicted molar refractivity (Wildman–Crippen MR) is 105 cm³/mol. The van der Waals surface area contributed by atoms with Crippen LogP contribution in [0.5, 0.6) is 0 Å². The zero-order valence-electron chi connectivity index (χ0n) is 16.0. The van der Waals surface area contributed by atoms with Gasteiger partial charge in [0, 0.05) is 10.9 Å². The highest BCUT2D eigenvalue weighted by Gasteiger charge is 2.39. The molecule has 0 saturated carbocycles. The summed E-state index contributed by atoms with van der Waals surface area (Å²) in [5, 5.41) is 0.384. The third-order valence-electron chi connectivity index (χ3n) is 4.73. The fourth-order valence-corrected chi connectivity index (χ4v) is 5.51. The molecule has 0 spiro atoms. The van der Waals surface area contributed by atoms with Crippen LogP contribution >= 0.6 is 7.14 Å². The molecule has 0 fully saturated rings. The van der Waals surface area contributed by atoms with Gasteiger partial charge in [0.25, 0.3) is 0 Å². The standard InChI is InChI=1S/C21H25O4P/c1-6-25-19(22)13-26(24,18-10-8-7-9-11-18)21(23)20-15(3)12-14(2)16(4)17(20)5/h7-12H,6,13H2,1-5H3. The van der Waals surface area contributed by atoms with E-state index in [9.17, 15) is 14.2 Å². The van der Waals surface area contributed by atoms with Gasteiger partial charge in [-0.25, -0.2) is 0 Å². The van der Waals surface area contributed by atoms with Crippen molar-refractivity contribution in [1.29, 1.82) is 0 Å². The molecular formula is C21H25O4P. The number of carbonyl (C=O) groups excluding carboxylic acids is 2. The normalized spacial score (nSPS) is 13.1. The third-order valence-corrected chi connectivity index (χ3v) is 7.44. The van der Waals surface area contributed by atoms with Crippen LogP contribution in [-0.4, -0.2) is 24.3 Å². The highest BCUT2D eigenvalue weighted by atomic mass is 31.2. The highest BCUT2D eigenvalue weighted by Crippen LogP contribution is 2.49. The van der Waals surface area contributed by atoms with Crippen molar-refractivity contribution in [3.63, 3.8) is 0 Å². The molecule has 0 amide bonds. The van der Waals surface area contributed by atoms with Crippen LogP contribution in [0.15, 0.2) is 36.4 Å². The van der Waals surface area contributed by atoms with Crippen molar-refractivity contribution in [2.75, 3.05) is 12.8 Å². The number of rotatable bonds is 6. The molecule has 0 bridgehead atoms. The van der Waals surface area contributed by atoms with E-state index in [1.165, 1.54) is 0 Å². The van der Waals surface area contributed by atoms with E-state index in [0.717, 1.165) is 22.3 Å². The monoisotopic (exact) mass is 372 g/mol. The van der Waals surface area contributed by atoms with Crippen molar-refractivity contribution in [3.05, 3.63) is 64.2 Å². The summed E-state index contributed by atoms with van der Waals surface area (Å²) in [6.07, 6.45) is -0.421. The average Bonchev–Trinajstić information content (AvgIpc) is 2.60. The second kappa shape index (κ2) is 8.01.